The molecule has 4 N–H and O–H groups in total. The fourth-order valence-electron chi connectivity index (χ4n) is 0.992. The summed E-state index contributed by atoms with van der Waals surface area (Å²) >= 11 is 1.50. The molecule has 0 spiro atoms. The van der Waals surface area contributed by atoms with Gasteiger partial charge in [0.15, 0.2) is 0 Å². The topological polar surface area (TPSA) is 99.1 Å². The maximum atomic E-state index is 12.6. The number of nitrogens with two attached hydrogens (primary N) is 2. The number of pyridine rings is 1. The number of anilines is 1. The van der Waals surface area contributed by atoms with E-state index in [9.17, 15) is 17.2 Å². The van der Waals surface area contributed by atoms with Crippen LogP contribution in [0.4, 0.5) is 14.5 Å². The Kier molecular flexibility index (Phi) is 3.45. The third kappa shape index (κ3) is 2.52. The fraction of sp³-hybridized carbons (Fsp3) is 0.167. The Balaban J connectivity index is 3.68. The van der Waals surface area contributed by atoms with Crippen molar-refractivity contribution < 1.29 is 17.2 Å². The molecule has 84 valence electrons. The Bertz CT molecular complexity index is 491. The number of halogens is 3. The van der Waals surface area contributed by atoms with Crippen LogP contribution in [0.2, 0.25) is 0 Å². The molecule has 1 aromatic rings. The highest BCUT2D eigenvalue weighted by Gasteiger charge is 2.26. The zero-order chi connectivity index (χ0) is 11.8. The summed E-state index contributed by atoms with van der Waals surface area (Å²) in [6, 6.07) is 0. The molecule has 1 rings (SSSR count). The fourth-order valence-corrected chi connectivity index (χ4v) is 3.14. The Morgan fingerprint density at radius 3 is 2.33 bits per heavy atom. The van der Waals surface area contributed by atoms with E-state index in [1.54, 1.807) is 0 Å². The van der Waals surface area contributed by atoms with E-state index in [2.05, 4.69) is 4.98 Å². The lowest BCUT2D eigenvalue weighted by atomic mass is 10.2. The zero-order valence-corrected chi connectivity index (χ0v) is 10.1. The smallest absolute Gasteiger partial charge is 0.267 e. The van der Waals surface area contributed by atoms with Gasteiger partial charge in [0.05, 0.1) is 17.4 Å². The van der Waals surface area contributed by atoms with Crippen molar-refractivity contribution in [1.82, 2.24) is 4.98 Å². The van der Waals surface area contributed by atoms with Gasteiger partial charge in [-0.1, -0.05) is 0 Å². The van der Waals surface area contributed by atoms with Crippen molar-refractivity contribution >= 4 is 38.3 Å². The van der Waals surface area contributed by atoms with Crippen LogP contribution in [0.1, 0.15) is 12.0 Å². The van der Waals surface area contributed by atoms with Crippen LogP contribution in [0.3, 0.4) is 0 Å². The van der Waals surface area contributed by atoms with Crippen molar-refractivity contribution in [2.45, 2.75) is 11.3 Å². The van der Waals surface area contributed by atoms with Crippen LogP contribution in [-0.4, -0.2) is 13.4 Å². The van der Waals surface area contributed by atoms with Gasteiger partial charge in [0.25, 0.3) is 6.43 Å². The van der Waals surface area contributed by atoms with Gasteiger partial charge in [-0.05, 0) is 22.6 Å². The lowest BCUT2D eigenvalue weighted by Crippen LogP contribution is -2.18. The summed E-state index contributed by atoms with van der Waals surface area (Å²) in [4.78, 5) is 2.85. The molecule has 5 nitrogen and oxygen atoms in total. The summed E-state index contributed by atoms with van der Waals surface area (Å²) in [6.07, 6.45) is -2.05. The number of hydrogen-bond acceptors (Lipinski definition) is 4. The first-order chi connectivity index (χ1) is 6.75. The van der Waals surface area contributed by atoms with Gasteiger partial charge in [-0.3, -0.25) is 0 Å². The Morgan fingerprint density at radius 2 is 2.00 bits per heavy atom. The van der Waals surface area contributed by atoms with Crippen LogP contribution in [0, 0.1) is 3.70 Å². The Hall–Kier alpha value is -0.550. The van der Waals surface area contributed by atoms with Gasteiger partial charge in [-0.2, -0.15) is 0 Å². The van der Waals surface area contributed by atoms with Crippen molar-refractivity contribution in [3.63, 3.8) is 0 Å². The number of aromatic nitrogens is 1. The van der Waals surface area contributed by atoms with E-state index < -0.39 is 32.6 Å². The third-order valence-corrected chi connectivity index (χ3v) is 3.73. The Labute approximate surface area is 98.0 Å². The maximum absolute atomic E-state index is 12.6. The average molecular weight is 349 g/mol. The number of sulfonamides is 1. The van der Waals surface area contributed by atoms with E-state index >= 15 is 0 Å². The van der Waals surface area contributed by atoms with Crippen LogP contribution in [0.5, 0.6) is 0 Å². The quantitative estimate of drug-likeness (QED) is 0.611. The number of hydrogen-bond donors (Lipinski definition) is 2. The molecule has 0 fully saturated rings. The average Bonchev–Trinajstić information content (AvgIpc) is 2.05. The van der Waals surface area contributed by atoms with E-state index in [1.807, 2.05) is 0 Å². The van der Waals surface area contributed by atoms with E-state index in [-0.39, 0.29) is 3.70 Å². The highest BCUT2D eigenvalue weighted by molar-refractivity contribution is 14.1. The number of alkyl halides is 2. The molecule has 0 bridgehead atoms. The number of nitrogens with zero attached hydrogens (tertiary/aromatic N) is 1. The van der Waals surface area contributed by atoms with Crippen LogP contribution < -0.4 is 10.9 Å². The first-order valence-electron chi connectivity index (χ1n) is 3.50. The van der Waals surface area contributed by atoms with Crippen molar-refractivity contribution in [1.29, 1.82) is 0 Å². The van der Waals surface area contributed by atoms with Crippen molar-refractivity contribution in [2.75, 3.05) is 5.73 Å². The van der Waals surface area contributed by atoms with Gasteiger partial charge in [0.1, 0.15) is 8.60 Å². The molecule has 0 aliphatic carbocycles. The predicted molar refractivity (Wildman–Crippen MR) is 57.7 cm³/mol. The predicted octanol–water partition coefficient (Wildman–Crippen LogP) is 0.853. The molecule has 0 aromatic carbocycles. The summed E-state index contributed by atoms with van der Waals surface area (Å²) in [5.74, 6) is 0. The van der Waals surface area contributed by atoms with E-state index in [0.29, 0.717) is 0 Å². The van der Waals surface area contributed by atoms with Crippen LogP contribution in [0.15, 0.2) is 11.1 Å². The maximum Gasteiger partial charge on any atom is 0.267 e. The van der Waals surface area contributed by atoms with Gasteiger partial charge in [-0.15, -0.1) is 0 Å². The molecule has 1 heterocycles. The summed E-state index contributed by atoms with van der Waals surface area (Å²) in [5.41, 5.74) is 4.03. The summed E-state index contributed by atoms with van der Waals surface area (Å²) < 4.78 is 47.2. The van der Waals surface area contributed by atoms with E-state index in [0.717, 1.165) is 6.20 Å². The van der Waals surface area contributed by atoms with E-state index in [1.165, 1.54) is 22.6 Å². The normalized spacial score (nSPS) is 12.1. The number of nitrogen functional groups attached to an aromatic ring is 1. The van der Waals surface area contributed by atoms with E-state index in [4.69, 9.17) is 10.9 Å². The number of primary sulfonamides is 1. The zero-order valence-electron chi connectivity index (χ0n) is 7.12. The van der Waals surface area contributed by atoms with Crippen LogP contribution in [0.25, 0.3) is 0 Å². The molecule has 0 atom stereocenters. The molecular formula is C6H6F2IN3O2S. The highest BCUT2D eigenvalue weighted by Crippen LogP contribution is 2.32. The molecule has 0 aliphatic rings. The SMILES string of the molecule is Nc1cnc(I)c(S(N)(=O)=O)c1C(F)F. The van der Waals surface area contributed by atoms with Crippen molar-refractivity contribution in [3.05, 3.63) is 15.5 Å². The van der Waals surface area contributed by atoms with Gasteiger partial charge in [-0.25, -0.2) is 27.3 Å². The molecule has 0 radical (unpaired) electrons. The molecule has 9 heteroatoms. The third-order valence-electron chi connectivity index (χ3n) is 1.56. The lowest BCUT2D eigenvalue weighted by molar-refractivity contribution is 0.148. The molecule has 1 aromatic heterocycles. The van der Waals surface area contributed by atoms with Gasteiger partial charge >= 0.3 is 0 Å². The van der Waals surface area contributed by atoms with Gasteiger partial charge in [0, 0.05) is 0 Å². The molecule has 0 amide bonds. The summed E-state index contributed by atoms with van der Waals surface area (Å²) in [7, 11) is -4.26. The lowest BCUT2D eigenvalue weighted by Gasteiger charge is -2.10. The summed E-state index contributed by atoms with van der Waals surface area (Å²) in [5, 5.41) is 4.80. The van der Waals surface area contributed by atoms with Crippen molar-refractivity contribution in [2.24, 2.45) is 5.14 Å². The molecular weight excluding hydrogens is 343 g/mol. The summed E-state index contributed by atoms with van der Waals surface area (Å²) in [6.45, 7) is 0. The minimum atomic E-state index is -4.26. The Morgan fingerprint density at radius 1 is 1.47 bits per heavy atom. The monoisotopic (exact) mass is 349 g/mol. The minimum absolute atomic E-state index is 0.125. The minimum Gasteiger partial charge on any atom is -0.397 e. The number of rotatable bonds is 2. The molecule has 0 unspecified atom stereocenters. The van der Waals surface area contributed by atoms with Gasteiger partial charge in [0.2, 0.25) is 10.0 Å². The molecule has 0 saturated carbocycles. The largest absolute Gasteiger partial charge is 0.397 e. The second-order valence-corrected chi connectivity index (χ2v) is 5.11. The first-order valence-corrected chi connectivity index (χ1v) is 6.12. The second-order valence-electron chi connectivity index (χ2n) is 2.59. The first kappa shape index (κ1) is 12.5. The second kappa shape index (κ2) is 4.14. The standard InChI is InChI=1S/C6H6F2IN3O2S/c7-5(8)3-2(10)1-12-6(9)4(3)15(11,13)14/h1,5H,10H2,(H2,11,13,14). The van der Waals surface area contributed by atoms with Gasteiger partial charge < -0.3 is 5.73 Å². The molecule has 0 aliphatic heterocycles. The highest BCUT2D eigenvalue weighted by atomic mass is 127. The van der Waals surface area contributed by atoms with Crippen molar-refractivity contribution in [3.8, 4) is 0 Å². The van der Waals surface area contributed by atoms with Crippen LogP contribution in [-0.2, 0) is 10.0 Å². The molecule has 15 heavy (non-hydrogen) atoms. The van der Waals surface area contributed by atoms with Crippen LogP contribution >= 0.6 is 22.6 Å². The molecule has 0 saturated heterocycles.